The number of benzene rings is 1. The third-order valence-electron chi connectivity index (χ3n) is 2.99. The van der Waals surface area contributed by atoms with E-state index in [4.69, 9.17) is 0 Å². The average molecular weight is 322 g/mol. The van der Waals surface area contributed by atoms with Gasteiger partial charge in [0.2, 0.25) is 5.91 Å². The number of nitro benzene ring substituents is 1. The summed E-state index contributed by atoms with van der Waals surface area (Å²) in [5.74, 6) is -0.286. The Morgan fingerprint density at radius 2 is 1.91 bits per heavy atom. The molecule has 3 amide bonds. The molecule has 0 aliphatic heterocycles. The van der Waals surface area contributed by atoms with Gasteiger partial charge >= 0.3 is 6.03 Å². The minimum atomic E-state index is -0.516. The van der Waals surface area contributed by atoms with Crippen LogP contribution in [0.1, 0.15) is 26.3 Å². The zero-order valence-electron chi connectivity index (χ0n) is 14.0. The number of hydrogen-bond donors (Lipinski definition) is 2. The van der Waals surface area contributed by atoms with E-state index in [2.05, 4.69) is 10.6 Å². The Kier molecular flexibility index (Phi) is 5.67. The quantitative estimate of drug-likeness (QED) is 0.655. The predicted octanol–water partition coefficient (Wildman–Crippen LogP) is 2.28. The second-order valence-corrected chi connectivity index (χ2v) is 6.29. The molecule has 0 atom stereocenters. The minimum Gasteiger partial charge on any atom is -0.350 e. The summed E-state index contributed by atoms with van der Waals surface area (Å²) in [5.41, 5.74) is 0.243. The van der Waals surface area contributed by atoms with Gasteiger partial charge in [0.15, 0.2) is 0 Å². The van der Waals surface area contributed by atoms with E-state index in [1.807, 2.05) is 20.8 Å². The molecular weight excluding hydrogens is 300 g/mol. The molecule has 1 aromatic carbocycles. The van der Waals surface area contributed by atoms with E-state index in [1.165, 1.54) is 24.1 Å². The number of hydrogen-bond acceptors (Lipinski definition) is 4. The van der Waals surface area contributed by atoms with Crippen molar-refractivity contribution in [2.75, 3.05) is 18.9 Å². The number of carbonyl (C=O) groups excluding carboxylic acids is 2. The molecule has 0 bridgehead atoms. The minimum absolute atomic E-state index is 0.0732. The summed E-state index contributed by atoms with van der Waals surface area (Å²) in [6.45, 7) is 6.98. The van der Waals surface area contributed by atoms with Gasteiger partial charge in [-0.1, -0.05) is 6.07 Å². The van der Waals surface area contributed by atoms with E-state index in [-0.39, 0.29) is 23.7 Å². The topological polar surface area (TPSA) is 105 Å². The molecule has 0 heterocycles. The molecule has 0 saturated carbocycles. The molecule has 0 saturated heterocycles. The molecular formula is C15H22N4O4. The van der Waals surface area contributed by atoms with Crippen LogP contribution in [-0.2, 0) is 4.79 Å². The Labute approximate surface area is 135 Å². The maximum atomic E-state index is 12.1. The number of likely N-dealkylation sites (N-methyl/N-ethyl adjacent to an activating group) is 1. The summed E-state index contributed by atoms with van der Waals surface area (Å²) in [6.07, 6.45) is 0. The van der Waals surface area contributed by atoms with Crippen molar-refractivity contribution in [3.05, 3.63) is 33.9 Å². The zero-order valence-corrected chi connectivity index (χ0v) is 14.0. The zero-order chi connectivity index (χ0) is 17.8. The van der Waals surface area contributed by atoms with E-state index in [1.54, 1.807) is 13.0 Å². The Morgan fingerprint density at radius 3 is 2.43 bits per heavy atom. The number of amides is 3. The smallest absolute Gasteiger partial charge is 0.322 e. The SMILES string of the molecule is Cc1c(NC(=O)N(C)CC(=O)NC(C)(C)C)cccc1[N+](=O)[O-]. The molecule has 0 aliphatic carbocycles. The highest BCUT2D eigenvalue weighted by Gasteiger charge is 2.19. The monoisotopic (exact) mass is 322 g/mol. The van der Waals surface area contributed by atoms with Gasteiger partial charge in [-0.3, -0.25) is 14.9 Å². The standard InChI is InChI=1S/C15H22N4O4/c1-10-11(7-6-8-12(10)19(22)23)16-14(21)18(5)9-13(20)17-15(2,3)4/h6-8H,9H2,1-5H3,(H,16,21)(H,17,20). The molecule has 0 aliphatic rings. The average Bonchev–Trinajstić information content (AvgIpc) is 2.38. The Bertz CT molecular complexity index is 622. The van der Waals surface area contributed by atoms with E-state index in [0.717, 1.165) is 0 Å². The van der Waals surface area contributed by atoms with Crippen LogP contribution in [-0.4, -0.2) is 40.9 Å². The summed E-state index contributed by atoms with van der Waals surface area (Å²) < 4.78 is 0. The van der Waals surface area contributed by atoms with Crippen LogP contribution in [0.4, 0.5) is 16.2 Å². The number of nitro groups is 1. The second-order valence-electron chi connectivity index (χ2n) is 6.29. The Morgan fingerprint density at radius 1 is 1.30 bits per heavy atom. The van der Waals surface area contributed by atoms with E-state index < -0.39 is 11.0 Å². The fourth-order valence-electron chi connectivity index (χ4n) is 1.91. The molecule has 0 spiro atoms. The summed E-state index contributed by atoms with van der Waals surface area (Å²) in [4.78, 5) is 35.5. The molecule has 23 heavy (non-hydrogen) atoms. The molecule has 126 valence electrons. The van der Waals surface area contributed by atoms with Crippen molar-refractivity contribution < 1.29 is 14.5 Å². The first kappa shape index (κ1) is 18.4. The highest BCUT2D eigenvalue weighted by molar-refractivity contribution is 5.93. The van der Waals surface area contributed by atoms with E-state index in [0.29, 0.717) is 11.3 Å². The lowest BCUT2D eigenvalue weighted by molar-refractivity contribution is -0.385. The predicted molar refractivity (Wildman–Crippen MR) is 87.4 cm³/mol. The molecule has 2 N–H and O–H groups in total. The highest BCUT2D eigenvalue weighted by atomic mass is 16.6. The Hall–Kier alpha value is -2.64. The third kappa shape index (κ3) is 5.57. The molecule has 0 fully saturated rings. The van der Waals surface area contributed by atoms with Gasteiger partial charge in [-0.15, -0.1) is 0 Å². The van der Waals surface area contributed by atoms with Crippen LogP contribution in [0.15, 0.2) is 18.2 Å². The highest BCUT2D eigenvalue weighted by Crippen LogP contribution is 2.25. The molecule has 0 unspecified atom stereocenters. The van der Waals surface area contributed by atoms with E-state index >= 15 is 0 Å². The maximum absolute atomic E-state index is 12.1. The van der Waals surface area contributed by atoms with Crippen LogP contribution in [0, 0.1) is 17.0 Å². The van der Waals surface area contributed by atoms with Crippen LogP contribution in [0.2, 0.25) is 0 Å². The number of nitrogens with zero attached hydrogens (tertiary/aromatic N) is 2. The van der Waals surface area contributed by atoms with Crippen molar-refractivity contribution >= 4 is 23.3 Å². The van der Waals surface area contributed by atoms with E-state index in [9.17, 15) is 19.7 Å². The Balaban J connectivity index is 2.75. The molecule has 1 rings (SSSR count). The van der Waals surface area contributed by atoms with Gasteiger partial charge in [0.25, 0.3) is 5.69 Å². The molecule has 0 aromatic heterocycles. The molecule has 0 radical (unpaired) electrons. The molecule has 1 aromatic rings. The van der Waals surface area contributed by atoms with Crippen LogP contribution in [0.25, 0.3) is 0 Å². The first-order chi connectivity index (χ1) is 10.5. The number of anilines is 1. The lowest BCUT2D eigenvalue weighted by Crippen LogP contribution is -2.47. The summed E-state index contributed by atoms with van der Waals surface area (Å²) >= 11 is 0. The number of rotatable bonds is 4. The van der Waals surface area contributed by atoms with Crippen molar-refractivity contribution in [2.45, 2.75) is 33.2 Å². The van der Waals surface area contributed by atoms with Gasteiger partial charge < -0.3 is 15.5 Å². The maximum Gasteiger partial charge on any atom is 0.322 e. The van der Waals surface area contributed by atoms with Gasteiger partial charge in [0, 0.05) is 18.7 Å². The lowest BCUT2D eigenvalue weighted by Gasteiger charge is -2.23. The number of urea groups is 1. The lowest BCUT2D eigenvalue weighted by atomic mass is 10.1. The fraction of sp³-hybridized carbons (Fsp3) is 0.467. The molecule has 8 heteroatoms. The van der Waals surface area contributed by atoms with Gasteiger partial charge in [0.1, 0.15) is 6.54 Å². The first-order valence-electron chi connectivity index (χ1n) is 7.08. The van der Waals surface area contributed by atoms with Crippen molar-refractivity contribution in [1.29, 1.82) is 0 Å². The summed E-state index contributed by atoms with van der Waals surface area (Å²) in [5, 5.41) is 16.2. The van der Waals surface area contributed by atoms with Crippen LogP contribution in [0.3, 0.4) is 0 Å². The number of carbonyl (C=O) groups is 2. The fourth-order valence-corrected chi connectivity index (χ4v) is 1.91. The normalized spacial score (nSPS) is 10.8. The third-order valence-corrected chi connectivity index (χ3v) is 2.99. The summed E-state index contributed by atoms with van der Waals surface area (Å²) in [7, 11) is 1.48. The molecule has 8 nitrogen and oxygen atoms in total. The van der Waals surface area contributed by atoms with Crippen molar-refractivity contribution in [3.8, 4) is 0 Å². The van der Waals surface area contributed by atoms with Gasteiger partial charge in [-0.25, -0.2) is 4.79 Å². The summed E-state index contributed by atoms with van der Waals surface area (Å²) in [6, 6.07) is 3.92. The van der Waals surface area contributed by atoms with Crippen LogP contribution in [0.5, 0.6) is 0 Å². The van der Waals surface area contributed by atoms with Crippen molar-refractivity contribution in [1.82, 2.24) is 10.2 Å². The van der Waals surface area contributed by atoms with Crippen molar-refractivity contribution in [2.24, 2.45) is 0 Å². The second kappa shape index (κ2) is 7.08. The van der Waals surface area contributed by atoms with Crippen LogP contribution >= 0.6 is 0 Å². The first-order valence-corrected chi connectivity index (χ1v) is 7.08. The largest absolute Gasteiger partial charge is 0.350 e. The van der Waals surface area contributed by atoms with Gasteiger partial charge in [0.05, 0.1) is 16.2 Å². The van der Waals surface area contributed by atoms with Gasteiger partial charge in [-0.05, 0) is 33.8 Å². The van der Waals surface area contributed by atoms with Crippen molar-refractivity contribution in [3.63, 3.8) is 0 Å². The van der Waals surface area contributed by atoms with Gasteiger partial charge in [-0.2, -0.15) is 0 Å². The van der Waals surface area contributed by atoms with Crippen LogP contribution < -0.4 is 10.6 Å². The number of nitrogens with one attached hydrogen (secondary N) is 2.